The molecule has 0 aromatic rings. The largest absolute Gasteiger partial charge is 0.481 e. The molecule has 0 aliphatic rings. The molecule has 0 saturated carbocycles. The summed E-state index contributed by atoms with van der Waals surface area (Å²) in [6.07, 6.45) is 13.7. The lowest BCUT2D eigenvalue weighted by Crippen LogP contribution is -2.07. The number of carboxylic acids is 1. The van der Waals surface area contributed by atoms with Crippen LogP contribution in [0.3, 0.4) is 0 Å². The van der Waals surface area contributed by atoms with E-state index in [1.807, 2.05) is 12.2 Å². The summed E-state index contributed by atoms with van der Waals surface area (Å²) < 4.78 is 4.88. The smallest absolute Gasteiger partial charge is 0.306 e. The Kier molecular flexibility index (Phi) is 13.2. The van der Waals surface area contributed by atoms with Gasteiger partial charge >= 0.3 is 11.9 Å². The molecule has 0 radical (unpaired) electrons. The molecule has 0 saturated heterocycles. The Bertz CT molecular complexity index is 284. The Morgan fingerprint density at radius 3 is 2.25 bits per heavy atom. The molecule has 0 rings (SSSR count). The lowest BCUT2D eigenvalue weighted by Gasteiger charge is -2.00. The van der Waals surface area contributed by atoms with Gasteiger partial charge in [0.1, 0.15) is 6.61 Å². The molecular weight excluding hydrogens is 256 g/mol. The van der Waals surface area contributed by atoms with Crippen molar-refractivity contribution in [2.24, 2.45) is 0 Å². The third-order valence-corrected chi connectivity index (χ3v) is 3.02. The minimum Gasteiger partial charge on any atom is -0.481 e. The van der Waals surface area contributed by atoms with Crippen molar-refractivity contribution in [3.8, 4) is 0 Å². The summed E-state index contributed by atoms with van der Waals surface area (Å²) >= 11 is 0. The number of unbranched alkanes of at least 4 members (excludes halogenated alkanes) is 7. The predicted octanol–water partition coefficient (Wildman–Crippen LogP) is 4.09. The summed E-state index contributed by atoms with van der Waals surface area (Å²) in [5.74, 6) is -1.43. The summed E-state index contributed by atoms with van der Waals surface area (Å²) in [6, 6.07) is 0. The lowest BCUT2D eigenvalue weighted by atomic mass is 10.1. The maximum Gasteiger partial charge on any atom is 0.306 e. The fraction of sp³-hybridized carbons (Fsp3) is 0.750. The molecule has 0 unspecified atom stereocenters. The van der Waals surface area contributed by atoms with Gasteiger partial charge in [-0.15, -0.1) is 0 Å². The van der Waals surface area contributed by atoms with Crippen LogP contribution in [0.2, 0.25) is 0 Å². The SMILES string of the molecule is CCCCCCCCC/C=C/COC(=O)CCC(=O)O. The predicted molar refractivity (Wildman–Crippen MR) is 79.6 cm³/mol. The molecule has 20 heavy (non-hydrogen) atoms. The molecule has 0 aliphatic carbocycles. The van der Waals surface area contributed by atoms with Crippen LogP contribution in [-0.2, 0) is 14.3 Å². The average molecular weight is 284 g/mol. The zero-order valence-electron chi connectivity index (χ0n) is 12.6. The van der Waals surface area contributed by atoms with Crippen LogP contribution in [0, 0.1) is 0 Å². The first-order valence-corrected chi connectivity index (χ1v) is 7.69. The molecule has 0 amide bonds. The van der Waals surface area contributed by atoms with Crippen molar-refractivity contribution in [1.82, 2.24) is 0 Å². The minimum atomic E-state index is -0.976. The highest BCUT2D eigenvalue weighted by Crippen LogP contribution is 2.08. The number of carboxylic acid groups (broad SMARTS) is 1. The van der Waals surface area contributed by atoms with Gasteiger partial charge in [-0.3, -0.25) is 9.59 Å². The van der Waals surface area contributed by atoms with Crippen LogP contribution in [0.15, 0.2) is 12.2 Å². The van der Waals surface area contributed by atoms with Gasteiger partial charge in [0.2, 0.25) is 0 Å². The van der Waals surface area contributed by atoms with Gasteiger partial charge in [-0.2, -0.15) is 0 Å². The molecule has 116 valence electrons. The van der Waals surface area contributed by atoms with Gasteiger partial charge in [-0.25, -0.2) is 0 Å². The highest BCUT2D eigenvalue weighted by Gasteiger charge is 2.04. The van der Waals surface area contributed by atoms with E-state index in [-0.39, 0.29) is 19.4 Å². The van der Waals surface area contributed by atoms with Crippen LogP contribution in [-0.4, -0.2) is 23.7 Å². The number of rotatable bonds is 13. The summed E-state index contributed by atoms with van der Waals surface area (Å²) in [7, 11) is 0. The number of hydrogen-bond donors (Lipinski definition) is 1. The van der Waals surface area contributed by atoms with E-state index >= 15 is 0 Å². The quantitative estimate of drug-likeness (QED) is 0.314. The second-order valence-electron chi connectivity index (χ2n) is 4.96. The molecule has 0 heterocycles. The van der Waals surface area contributed by atoms with Gasteiger partial charge < -0.3 is 9.84 Å². The first-order valence-electron chi connectivity index (χ1n) is 7.69. The Hall–Kier alpha value is -1.32. The number of hydrogen-bond acceptors (Lipinski definition) is 3. The van der Waals surface area contributed by atoms with Gasteiger partial charge in [0.25, 0.3) is 0 Å². The van der Waals surface area contributed by atoms with Crippen LogP contribution in [0.25, 0.3) is 0 Å². The standard InChI is InChI=1S/C16H28O4/c1-2-3-4-5-6-7-8-9-10-11-14-20-16(19)13-12-15(17)18/h10-11H,2-9,12-14H2,1H3,(H,17,18)/b11-10+. The monoisotopic (exact) mass is 284 g/mol. The van der Waals surface area contributed by atoms with Crippen molar-refractivity contribution in [2.75, 3.05) is 6.61 Å². The molecule has 0 bridgehead atoms. The maximum atomic E-state index is 11.1. The van der Waals surface area contributed by atoms with Crippen LogP contribution in [0.1, 0.15) is 71.1 Å². The summed E-state index contributed by atoms with van der Waals surface area (Å²) in [4.78, 5) is 21.3. The first-order chi connectivity index (χ1) is 9.66. The molecule has 0 fully saturated rings. The van der Waals surface area contributed by atoms with E-state index in [1.165, 1.54) is 44.9 Å². The summed E-state index contributed by atoms with van der Waals surface area (Å²) in [5.41, 5.74) is 0. The number of allylic oxidation sites excluding steroid dienone is 1. The van der Waals surface area contributed by atoms with Crippen LogP contribution >= 0.6 is 0 Å². The second kappa shape index (κ2) is 14.1. The van der Waals surface area contributed by atoms with E-state index in [0.29, 0.717) is 0 Å². The Labute approximate surface area is 122 Å². The molecule has 1 N–H and O–H groups in total. The molecule has 4 nitrogen and oxygen atoms in total. The van der Waals surface area contributed by atoms with Crippen molar-refractivity contribution in [3.05, 3.63) is 12.2 Å². The average Bonchev–Trinajstić information content (AvgIpc) is 2.42. The maximum absolute atomic E-state index is 11.1. The van der Waals surface area contributed by atoms with E-state index in [4.69, 9.17) is 9.84 Å². The Balaban J connectivity index is 3.27. The molecule has 0 aromatic carbocycles. The minimum absolute atomic E-state index is 0.0546. The van der Waals surface area contributed by atoms with Crippen LogP contribution in [0.4, 0.5) is 0 Å². The summed E-state index contributed by atoms with van der Waals surface area (Å²) in [6.45, 7) is 2.47. The second-order valence-corrected chi connectivity index (χ2v) is 4.96. The lowest BCUT2D eigenvalue weighted by molar-refractivity contribution is -0.146. The molecule has 0 atom stereocenters. The normalized spacial score (nSPS) is 10.8. The highest BCUT2D eigenvalue weighted by atomic mass is 16.5. The molecule has 0 aromatic heterocycles. The van der Waals surface area contributed by atoms with E-state index in [0.717, 1.165) is 6.42 Å². The van der Waals surface area contributed by atoms with Crippen LogP contribution in [0.5, 0.6) is 0 Å². The highest BCUT2D eigenvalue weighted by molar-refractivity contribution is 5.76. The van der Waals surface area contributed by atoms with E-state index in [9.17, 15) is 9.59 Å². The number of carbonyl (C=O) groups excluding carboxylic acids is 1. The third-order valence-electron chi connectivity index (χ3n) is 3.02. The van der Waals surface area contributed by atoms with Crippen molar-refractivity contribution >= 4 is 11.9 Å². The van der Waals surface area contributed by atoms with Gasteiger partial charge in [-0.05, 0) is 12.8 Å². The van der Waals surface area contributed by atoms with Crippen molar-refractivity contribution in [3.63, 3.8) is 0 Å². The zero-order chi connectivity index (χ0) is 15.1. The number of carbonyl (C=O) groups is 2. The molecule has 0 spiro atoms. The third kappa shape index (κ3) is 14.7. The van der Waals surface area contributed by atoms with E-state index < -0.39 is 11.9 Å². The Morgan fingerprint density at radius 1 is 0.950 bits per heavy atom. The van der Waals surface area contributed by atoms with Crippen molar-refractivity contribution in [1.29, 1.82) is 0 Å². The van der Waals surface area contributed by atoms with E-state index in [2.05, 4.69) is 6.92 Å². The van der Waals surface area contributed by atoms with Gasteiger partial charge in [0.15, 0.2) is 0 Å². The van der Waals surface area contributed by atoms with Gasteiger partial charge in [0.05, 0.1) is 12.8 Å². The van der Waals surface area contributed by atoms with Gasteiger partial charge in [0, 0.05) is 0 Å². The summed E-state index contributed by atoms with van der Waals surface area (Å²) in [5, 5.41) is 8.40. The number of aliphatic carboxylic acids is 1. The molecular formula is C16H28O4. The van der Waals surface area contributed by atoms with Crippen molar-refractivity contribution < 1.29 is 19.4 Å². The van der Waals surface area contributed by atoms with Crippen LogP contribution < -0.4 is 0 Å². The van der Waals surface area contributed by atoms with Gasteiger partial charge in [-0.1, -0.05) is 57.6 Å². The number of esters is 1. The Morgan fingerprint density at radius 2 is 1.60 bits per heavy atom. The molecule has 0 aliphatic heterocycles. The topological polar surface area (TPSA) is 63.6 Å². The fourth-order valence-corrected chi connectivity index (χ4v) is 1.83. The number of ether oxygens (including phenoxy) is 1. The first kappa shape index (κ1) is 18.7. The van der Waals surface area contributed by atoms with E-state index in [1.54, 1.807) is 0 Å². The fourth-order valence-electron chi connectivity index (χ4n) is 1.83. The molecule has 4 heteroatoms. The zero-order valence-corrected chi connectivity index (χ0v) is 12.6. The van der Waals surface area contributed by atoms with Crippen molar-refractivity contribution in [2.45, 2.75) is 71.1 Å².